The average molecular weight is 445 g/mol. The number of carboxylic acid groups (broad SMARTS) is 1. The summed E-state index contributed by atoms with van der Waals surface area (Å²) in [4.78, 5) is 39.7. The van der Waals surface area contributed by atoms with Crippen molar-refractivity contribution in [2.75, 3.05) is 11.4 Å². The number of pyridine rings is 1. The molecule has 4 heterocycles. The second kappa shape index (κ2) is 8.16. The minimum Gasteiger partial charge on any atom is -0.480 e. The van der Waals surface area contributed by atoms with E-state index < -0.39 is 12.0 Å². The van der Waals surface area contributed by atoms with Crippen molar-refractivity contribution in [2.24, 2.45) is 0 Å². The summed E-state index contributed by atoms with van der Waals surface area (Å²) in [6.07, 6.45) is 2.12. The van der Waals surface area contributed by atoms with Crippen molar-refractivity contribution in [3.05, 3.63) is 59.7 Å². The van der Waals surface area contributed by atoms with Crippen LogP contribution in [0.2, 0.25) is 0 Å². The standard InChI is InChI=1S/C24H23N5O4/c1-13-7-8-15(11-25-13)9-20(30)28-16-10-18(24(31)32)29(12-16)23-22-21(26-14(2)27-23)17-5-3-4-6-19(17)33-22/h3-8,11,16,18H,9-10,12H2,1-2H3,(H,28,30)(H,31,32)/t16-,18-/m0/s1. The van der Waals surface area contributed by atoms with Gasteiger partial charge in [-0.05, 0) is 37.6 Å². The number of carbonyl (C=O) groups excluding carboxylic acids is 1. The maximum absolute atomic E-state index is 12.6. The molecule has 3 aromatic heterocycles. The molecule has 1 amide bonds. The predicted molar refractivity (Wildman–Crippen MR) is 122 cm³/mol. The van der Waals surface area contributed by atoms with Gasteiger partial charge in [-0.15, -0.1) is 0 Å². The first-order valence-electron chi connectivity index (χ1n) is 10.8. The molecule has 1 saturated heterocycles. The summed E-state index contributed by atoms with van der Waals surface area (Å²) in [6, 6.07) is 10.1. The zero-order chi connectivity index (χ0) is 23.1. The lowest BCUT2D eigenvalue weighted by molar-refractivity contribution is -0.138. The number of hydrogen-bond acceptors (Lipinski definition) is 7. The number of carboxylic acids is 1. The largest absolute Gasteiger partial charge is 0.480 e. The van der Waals surface area contributed by atoms with Gasteiger partial charge in [0.2, 0.25) is 5.91 Å². The van der Waals surface area contributed by atoms with Gasteiger partial charge in [-0.25, -0.2) is 14.8 Å². The van der Waals surface area contributed by atoms with E-state index in [1.54, 1.807) is 18.0 Å². The van der Waals surface area contributed by atoms with Crippen molar-refractivity contribution in [3.8, 4) is 0 Å². The summed E-state index contributed by atoms with van der Waals surface area (Å²) < 4.78 is 6.03. The molecule has 1 aromatic carbocycles. The molecule has 0 aliphatic carbocycles. The van der Waals surface area contributed by atoms with Crippen LogP contribution < -0.4 is 10.2 Å². The van der Waals surface area contributed by atoms with Gasteiger partial charge in [-0.2, -0.15) is 0 Å². The number of nitrogens with one attached hydrogen (secondary N) is 1. The van der Waals surface area contributed by atoms with E-state index in [4.69, 9.17) is 4.42 Å². The quantitative estimate of drug-likeness (QED) is 0.481. The van der Waals surface area contributed by atoms with Gasteiger partial charge >= 0.3 is 5.97 Å². The topological polar surface area (TPSA) is 121 Å². The smallest absolute Gasteiger partial charge is 0.326 e. The second-order valence-electron chi connectivity index (χ2n) is 8.36. The first-order valence-corrected chi connectivity index (χ1v) is 10.8. The Hall–Kier alpha value is -4.01. The number of fused-ring (bicyclic) bond motifs is 3. The number of hydrogen-bond donors (Lipinski definition) is 2. The molecule has 0 bridgehead atoms. The second-order valence-corrected chi connectivity index (χ2v) is 8.36. The third kappa shape index (κ3) is 3.97. The Morgan fingerprint density at radius 2 is 2.00 bits per heavy atom. The summed E-state index contributed by atoms with van der Waals surface area (Å²) in [6.45, 7) is 3.96. The van der Waals surface area contributed by atoms with E-state index in [-0.39, 0.29) is 24.8 Å². The monoisotopic (exact) mass is 445 g/mol. The number of amides is 1. The fraction of sp³-hybridized carbons (Fsp3) is 0.292. The average Bonchev–Trinajstić information content (AvgIpc) is 3.36. The fourth-order valence-corrected chi connectivity index (χ4v) is 4.36. The van der Waals surface area contributed by atoms with Gasteiger partial charge in [0, 0.05) is 36.3 Å². The summed E-state index contributed by atoms with van der Waals surface area (Å²) in [5, 5.41) is 13.7. The van der Waals surface area contributed by atoms with Gasteiger partial charge in [0.25, 0.3) is 0 Å². The van der Waals surface area contributed by atoms with E-state index in [2.05, 4.69) is 20.3 Å². The molecule has 0 unspecified atom stereocenters. The number of carbonyl (C=O) groups is 2. The SMILES string of the molecule is Cc1ccc(CC(=O)N[C@H]2C[C@@H](C(=O)O)N(c3nc(C)nc4c3oc3ccccc34)C2)cn1. The number of rotatable bonds is 5. The molecule has 33 heavy (non-hydrogen) atoms. The van der Waals surface area contributed by atoms with E-state index in [0.29, 0.717) is 34.9 Å². The Morgan fingerprint density at radius 1 is 1.18 bits per heavy atom. The van der Waals surface area contributed by atoms with Crippen molar-refractivity contribution >= 4 is 39.8 Å². The number of nitrogens with zero attached hydrogens (tertiary/aromatic N) is 4. The molecule has 1 fully saturated rings. The van der Waals surface area contributed by atoms with Gasteiger partial charge < -0.3 is 19.7 Å². The third-order valence-corrected chi connectivity index (χ3v) is 5.87. The molecule has 0 radical (unpaired) electrons. The number of aromatic nitrogens is 3. The first kappa shape index (κ1) is 20.9. The Bertz CT molecular complexity index is 1360. The molecular formula is C24H23N5O4. The summed E-state index contributed by atoms with van der Waals surface area (Å²) in [5.41, 5.74) is 3.45. The highest BCUT2D eigenvalue weighted by molar-refractivity contribution is 6.06. The summed E-state index contributed by atoms with van der Waals surface area (Å²) >= 11 is 0. The number of anilines is 1. The van der Waals surface area contributed by atoms with Crippen LogP contribution in [0.4, 0.5) is 5.82 Å². The molecule has 9 heteroatoms. The molecule has 2 N–H and O–H groups in total. The van der Waals surface area contributed by atoms with E-state index in [1.807, 2.05) is 43.3 Å². The Balaban J connectivity index is 1.43. The van der Waals surface area contributed by atoms with Crippen LogP contribution in [-0.4, -0.2) is 50.6 Å². The van der Waals surface area contributed by atoms with Gasteiger partial charge in [-0.3, -0.25) is 9.78 Å². The van der Waals surface area contributed by atoms with Crippen LogP contribution in [0.15, 0.2) is 47.0 Å². The van der Waals surface area contributed by atoms with Crippen molar-refractivity contribution in [1.29, 1.82) is 0 Å². The lowest BCUT2D eigenvalue weighted by Gasteiger charge is -2.22. The van der Waals surface area contributed by atoms with Crippen molar-refractivity contribution in [1.82, 2.24) is 20.3 Å². The van der Waals surface area contributed by atoms with Crippen LogP contribution in [0.5, 0.6) is 0 Å². The van der Waals surface area contributed by atoms with E-state index in [9.17, 15) is 14.7 Å². The van der Waals surface area contributed by atoms with Crippen molar-refractivity contribution < 1.29 is 19.1 Å². The number of aryl methyl sites for hydroxylation is 2. The molecule has 4 aromatic rings. The lowest BCUT2D eigenvalue weighted by Crippen LogP contribution is -2.39. The zero-order valence-electron chi connectivity index (χ0n) is 18.3. The first-order chi connectivity index (χ1) is 15.9. The number of para-hydroxylation sites is 1. The van der Waals surface area contributed by atoms with Gasteiger partial charge in [0.1, 0.15) is 23.0 Å². The van der Waals surface area contributed by atoms with Crippen LogP contribution in [-0.2, 0) is 16.0 Å². The molecule has 5 rings (SSSR count). The highest BCUT2D eigenvalue weighted by Crippen LogP contribution is 2.35. The Kier molecular flexibility index (Phi) is 5.16. The number of benzene rings is 1. The molecule has 168 valence electrons. The number of aliphatic carboxylic acids is 1. The molecule has 1 aliphatic heterocycles. The van der Waals surface area contributed by atoms with Gasteiger partial charge in [0.05, 0.1) is 6.42 Å². The van der Waals surface area contributed by atoms with Crippen LogP contribution in [0.3, 0.4) is 0 Å². The lowest BCUT2D eigenvalue weighted by atomic mass is 10.1. The van der Waals surface area contributed by atoms with Gasteiger partial charge in [-0.1, -0.05) is 18.2 Å². The molecule has 2 atom stereocenters. The Morgan fingerprint density at radius 3 is 2.76 bits per heavy atom. The molecule has 1 aliphatic rings. The maximum atomic E-state index is 12.6. The van der Waals surface area contributed by atoms with E-state index in [1.165, 1.54) is 0 Å². The van der Waals surface area contributed by atoms with Crippen LogP contribution in [0.1, 0.15) is 23.5 Å². The van der Waals surface area contributed by atoms with Crippen LogP contribution in [0, 0.1) is 13.8 Å². The maximum Gasteiger partial charge on any atom is 0.326 e. The molecule has 0 spiro atoms. The minimum atomic E-state index is -0.977. The van der Waals surface area contributed by atoms with Crippen molar-refractivity contribution in [3.63, 3.8) is 0 Å². The fourth-order valence-electron chi connectivity index (χ4n) is 4.36. The Labute approximate surface area is 189 Å². The third-order valence-electron chi connectivity index (χ3n) is 5.87. The number of furan rings is 1. The van der Waals surface area contributed by atoms with Crippen molar-refractivity contribution in [2.45, 2.75) is 38.8 Å². The van der Waals surface area contributed by atoms with E-state index in [0.717, 1.165) is 16.6 Å². The minimum absolute atomic E-state index is 0.176. The summed E-state index contributed by atoms with van der Waals surface area (Å²) in [5.74, 6) is -0.201. The predicted octanol–water partition coefficient (Wildman–Crippen LogP) is 2.78. The summed E-state index contributed by atoms with van der Waals surface area (Å²) in [7, 11) is 0. The highest BCUT2D eigenvalue weighted by Gasteiger charge is 2.40. The molecule has 9 nitrogen and oxygen atoms in total. The highest BCUT2D eigenvalue weighted by atomic mass is 16.4. The van der Waals surface area contributed by atoms with Gasteiger partial charge in [0.15, 0.2) is 11.4 Å². The van der Waals surface area contributed by atoms with Crippen LogP contribution in [0.25, 0.3) is 22.1 Å². The molecular weight excluding hydrogens is 422 g/mol. The normalized spacial score (nSPS) is 18.2. The zero-order valence-corrected chi connectivity index (χ0v) is 18.3. The van der Waals surface area contributed by atoms with E-state index >= 15 is 0 Å². The molecule has 0 saturated carbocycles. The van der Waals surface area contributed by atoms with Crippen LogP contribution >= 0.6 is 0 Å².